The fourth-order valence-electron chi connectivity index (χ4n) is 2.90. The van der Waals surface area contributed by atoms with Gasteiger partial charge in [-0.25, -0.2) is 4.79 Å². The van der Waals surface area contributed by atoms with Gasteiger partial charge in [0.25, 0.3) is 5.91 Å². The summed E-state index contributed by atoms with van der Waals surface area (Å²) in [5, 5.41) is 9.53. The highest BCUT2D eigenvalue weighted by Crippen LogP contribution is 2.14. The summed E-state index contributed by atoms with van der Waals surface area (Å²) in [6, 6.07) is 11.7. The summed E-state index contributed by atoms with van der Waals surface area (Å²) in [4.78, 5) is 29.7. The lowest BCUT2D eigenvalue weighted by atomic mass is 10.1. The normalized spacial score (nSPS) is 14.7. The number of nitrogens with zero attached hydrogens (tertiary/aromatic N) is 4. The van der Waals surface area contributed by atoms with E-state index in [4.69, 9.17) is 4.74 Å². The van der Waals surface area contributed by atoms with Crippen LogP contribution in [0.5, 0.6) is 0 Å². The van der Waals surface area contributed by atoms with Crippen LogP contribution in [-0.4, -0.2) is 66.0 Å². The average molecular weight is 370 g/mol. The van der Waals surface area contributed by atoms with Gasteiger partial charge in [-0.15, -0.1) is 0 Å². The van der Waals surface area contributed by atoms with Crippen LogP contribution in [0.2, 0.25) is 0 Å². The molecule has 1 aliphatic heterocycles. The number of piperazine rings is 1. The number of carbonyl (C=O) groups is 2. The van der Waals surface area contributed by atoms with E-state index in [2.05, 4.69) is 0 Å². The fraction of sp³-hybridized carbons (Fsp3) is 0.450. The Morgan fingerprint density at radius 3 is 2.37 bits per heavy atom. The Hall–Kier alpha value is -3.01. The summed E-state index contributed by atoms with van der Waals surface area (Å²) in [5.74, 6) is -0.285. The number of amides is 2. The van der Waals surface area contributed by atoms with E-state index in [-0.39, 0.29) is 23.6 Å². The number of benzene rings is 1. The highest BCUT2D eigenvalue weighted by molar-refractivity contribution is 5.97. The third-order valence-corrected chi connectivity index (χ3v) is 4.49. The molecule has 7 nitrogen and oxygen atoms in total. The Labute approximate surface area is 160 Å². The van der Waals surface area contributed by atoms with E-state index in [1.807, 2.05) is 55.1 Å². The number of hydrogen-bond acceptors (Lipinski definition) is 5. The van der Waals surface area contributed by atoms with Crippen LogP contribution >= 0.6 is 0 Å². The summed E-state index contributed by atoms with van der Waals surface area (Å²) < 4.78 is 4.72. The number of hydrogen-bond donors (Lipinski definition) is 0. The number of rotatable bonds is 5. The van der Waals surface area contributed by atoms with Gasteiger partial charge in [-0.1, -0.05) is 30.3 Å². The molecular formula is C20H26N4O3. The first-order chi connectivity index (χ1) is 13.0. The summed E-state index contributed by atoms with van der Waals surface area (Å²) >= 11 is 0. The predicted octanol–water partition coefficient (Wildman–Crippen LogP) is 2.22. The Morgan fingerprint density at radius 2 is 1.85 bits per heavy atom. The molecule has 2 amide bonds. The standard InChI is InChI=1S/C20H26N4O3/c1-16(2)24(14-17-7-5-4-6-8-17)19(25)18(13-21)15-22-9-11-23(12-10-22)20(26)27-3/h4-8,15-16H,9-12,14H2,1-3H3/b18-15-. The minimum absolute atomic E-state index is 0.0365. The van der Waals surface area contributed by atoms with E-state index in [0.717, 1.165) is 5.56 Å². The molecule has 0 saturated carbocycles. The molecule has 0 aliphatic carbocycles. The summed E-state index contributed by atoms with van der Waals surface area (Å²) in [6.45, 7) is 6.41. The van der Waals surface area contributed by atoms with Gasteiger partial charge >= 0.3 is 6.09 Å². The Balaban J connectivity index is 2.08. The van der Waals surface area contributed by atoms with Gasteiger partial charge in [0, 0.05) is 45.0 Å². The monoisotopic (exact) mass is 370 g/mol. The van der Waals surface area contributed by atoms with Crippen LogP contribution in [0.4, 0.5) is 4.79 Å². The highest BCUT2D eigenvalue weighted by Gasteiger charge is 2.24. The second kappa shape index (κ2) is 9.62. The van der Waals surface area contributed by atoms with Gasteiger partial charge in [0.15, 0.2) is 0 Å². The van der Waals surface area contributed by atoms with Crippen LogP contribution in [0.25, 0.3) is 0 Å². The van der Waals surface area contributed by atoms with E-state index in [0.29, 0.717) is 32.7 Å². The number of methoxy groups -OCH3 is 1. The minimum Gasteiger partial charge on any atom is -0.453 e. The molecule has 0 aromatic heterocycles. The van der Waals surface area contributed by atoms with E-state index in [1.165, 1.54) is 7.11 Å². The van der Waals surface area contributed by atoms with Crippen molar-refractivity contribution in [2.45, 2.75) is 26.4 Å². The average Bonchev–Trinajstić information content (AvgIpc) is 2.70. The molecule has 144 valence electrons. The fourth-order valence-corrected chi connectivity index (χ4v) is 2.90. The van der Waals surface area contributed by atoms with Crippen LogP contribution in [0.3, 0.4) is 0 Å². The molecule has 0 atom stereocenters. The van der Waals surface area contributed by atoms with Crippen molar-refractivity contribution in [2.75, 3.05) is 33.3 Å². The second-order valence-corrected chi connectivity index (χ2v) is 6.66. The van der Waals surface area contributed by atoms with Crippen molar-refractivity contribution in [3.8, 4) is 6.07 Å². The number of ether oxygens (including phenoxy) is 1. The van der Waals surface area contributed by atoms with Gasteiger partial charge < -0.3 is 19.4 Å². The molecule has 2 rings (SSSR count). The smallest absolute Gasteiger partial charge is 0.409 e. The van der Waals surface area contributed by atoms with Gasteiger partial charge in [-0.05, 0) is 19.4 Å². The first-order valence-corrected chi connectivity index (χ1v) is 9.00. The van der Waals surface area contributed by atoms with Gasteiger partial charge in [0.05, 0.1) is 7.11 Å². The van der Waals surface area contributed by atoms with Crippen molar-refractivity contribution in [2.24, 2.45) is 0 Å². The largest absolute Gasteiger partial charge is 0.453 e. The first kappa shape index (κ1) is 20.3. The predicted molar refractivity (Wildman–Crippen MR) is 101 cm³/mol. The van der Waals surface area contributed by atoms with Crippen molar-refractivity contribution < 1.29 is 14.3 Å². The molecule has 1 aromatic rings. The maximum Gasteiger partial charge on any atom is 0.409 e. The molecule has 0 N–H and O–H groups in total. The van der Waals surface area contributed by atoms with Crippen molar-refractivity contribution in [1.82, 2.24) is 14.7 Å². The Morgan fingerprint density at radius 1 is 1.22 bits per heavy atom. The Kier molecular flexibility index (Phi) is 7.24. The lowest BCUT2D eigenvalue weighted by Gasteiger charge is -2.33. The lowest BCUT2D eigenvalue weighted by molar-refractivity contribution is -0.129. The molecule has 1 fully saturated rings. The molecular weight excluding hydrogens is 344 g/mol. The Bertz CT molecular complexity index is 716. The number of carbonyl (C=O) groups excluding carboxylic acids is 2. The van der Waals surface area contributed by atoms with Gasteiger partial charge in [-0.3, -0.25) is 4.79 Å². The number of nitriles is 1. The molecule has 27 heavy (non-hydrogen) atoms. The molecule has 0 bridgehead atoms. The van der Waals surface area contributed by atoms with Gasteiger partial charge in [-0.2, -0.15) is 5.26 Å². The summed E-state index contributed by atoms with van der Waals surface area (Å²) in [6.07, 6.45) is 1.25. The molecule has 0 unspecified atom stereocenters. The molecule has 1 saturated heterocycles. The van der Waals surface area contributed by atoms with E-state index in [1.54, 1.807) is 16.0 Å². The molecule has 1 aromatic carbocycles. The minimum atomic E-state index is -0.357. The lowest BCUT2D eigenvalue weighted by Crippen LogP contribution is -2.47. The van der Waals surface area contributed by atoms with Crippen LogP contribution in [0.15, 0.2) is 42.1 Å². The topological polar surface area (TPSA) is 76.9 Å². The van der Waals surface area contributed by atoms with Crippen molar-refractivity contribution in [1.29, 1.82) is 5.26 Å². The first-order valence-electron chi connectivity index (χ1n) is 9.00. The molecule has 1 aliphatic rings. The van der Waals surface area contributed by atoms with Crippen LogP contribution in [0.1, 0.15) is 19.4 Å². The quantitative estimate of drug-likeness (QED) is 0.587. The van der Waals surface area contributed by atoms with Crippen molar-refractivity contribution in [3.05, 3.63) is 47.7 Å². The summed E-state index contributed by atoms with van der Waals surface area (Å²) in [7, 11) is 1.36. The SMILES string of the molecule is COC(=O)N1CCN(/C=C(/C#N)C(=O)N(Cc2ccccc2)C(C)C)CC1. The van der Waals surface area contributed by atoms with E-state index >= 15 is 0 Å². The second-order valence-electron chi connectivity index (χ2n) is 6.66. The molecule has 7 heteroatoms. The third kappa shape index (κ3) is 5.48. The van der Waals surface area contributed by atoms with Crippen molar-refractivity contribution >= 4 is 12.0 Å². The van der Waals surface area contributed by atoms with Crippen LogP contribution in [-0.2, 0) is 16.1 Å². The maximum absolute atomic E-state index is 12.9. The molecule has 1 heterocycles. The van der Waals surface area contributed by atoms with E-state index < -0.39 is 0 Å². The maximum atomic E-state index is 12.9. The van der Waals surface area contributed by atoms with Gasteiger partial charge in [0.1, 0.15) is 11.6 Å². The summed E-state index contributed by atoms with van der Waals surface area (Å²) in [5.41, 5.74) is 1.12. The molecule has 0 spiro atoms. The zero-order valence-corrected chi connectivity index (χ0v) is 16.1. The molecule has 0 radical (unpaired) electrons. The van der Waals surface area contributed by atoms with Gasteiger partial charge in [0.2, 0.25) is 0 Å². The zero-order chi connectivity index (χ0) is 19.8. The van der Waals surface area contributed by atoms with Crippen molar-refractivity contribution in [3.63, 3.8) is 0 Å². The van der Waals surface area contributed by atoms with E-state index in [9.17, 15) is 14.9 Å². The highest BCUT2D eigenvalue weighted by atomic mass is 16.5. The van der Waals surface area contributed by atoms with Crippen LogP contribution < -0.4 is 0 Å². The third-order valence-electron chi connectivity index (χ3n) is 4.49. The van der Waals surface area contributed by atoms with Crippen LogP contribution in [0, 0.1) is 11.3 Å². The zero-order valence-electron chi connectivity index (χ0n) is 16.1.